The molecule has 188 valence electrons. The highest BCUT2D eigenvalue weighted by atomic mass is 35.5. The molecule has 6 nitrogen and oxygen atoms in total. The zero-order valence-electron chi connectivity index (χ0n) is 18.6. The Morgan fingerprint density at radius 1 is 0.917 bits per heavy atom. The number of nitrogens with one attached hydrogen (secondary N) is 2. The lowest BCUT2D eigenvalue weighted by Crippen LogP contribution is -2.20. The number of hydrogen-bond acceptors (Lipinski definition) is 4. The first-order chi connectivity index (χ1) is 17.1. The number of anilines is 1. The maximum atomic E-state index is 12.8. The minimum Gasteiger partial charge on any atom is -0.488 e. The van der Waals surface area contributed by atoms with Crippen molar-refractivity contribution in [2.75, 3.05) is 5.32 Å². The molecule has 36 heavy (non-hydrogen) atoms. The molecular weight excluding hydrogens is 518 g/mol. The van der Waals surface area contributed by atoms with Gasteiger partial charge in [-0.3, -0.25) is 9.59 Å². The zero-order chi connectivity index (χ0) is 26.1. The molecular formula is C25H20Cl2F3N3O3. The lowest BCUT2D eigenvalue weighted by Gasteiger charge is -2.10. The number of amides is 2. The largest absolute Gasteiger partial charge is 0.488 e. The zero-order valence-corrected chi connectivity index (χ0v) is 20.1. The van der Waals surface area contributed by atoms with Gasteiger partial charge in [-0.05, 0) is 54.1 Å². The van der Waals surface area contributed by atoms with Crippen LogP contribution in [0.4, 0.5) is 18.9 Å². The fourth-order valence-electron chi connectivity index (χ4n) is 2.99. The van der Waals surface area contributed by atoms with Crippen LogP contribution >= 0.6 is 23.2 Å². The van der Waals surface area contributed by atoms with Crippen molar-refractivity contribution >= 4 is 46.9 Å². The van der Waals surface area contributed by atoms with Crippen LogP contribution in [0.2, 0.25) is 10.0 Å². The minimum absolute atomic E-state index is 0.0143. The van der Waals surface area contributed by atoms with E-state index in [1.165, 1.54) is 18.3 Å². The van der Waals surface area contributed by atoms with Gasteiger partial charge in [-0.25, -0.2) is 5.43 Å². The highest BCUT2D eigenvalue weighted by molar-refractivity contribution is 6.31. The Kier molecular flexibility index (Phi) is 9.32. The fraction of sp³-hybridized carbons (Fsp3) is 0.160. The molecule has 2 amide bonds. The Labute approximate surface area is 215 Å². The molecule has 0 atom stereocenters. The second-order valence-corrected chi connectivity index (χ2v) is 8.39. The number of hydrogen-bond donors (Lipinski definition) is 2. The van der Waals surface area contributed by atoms with Crippen molar-refractivity contribution < 1.29 is 27.5 Å². The molecule has 0 heterocycles. The molecule has 3 aromatic carbocycles. The van der Waals surface area contributed by atoms with Crippen LogP contribution in [0.1, 0.15) is 29.5 Å². The maximum Gasteiger partial charge on any atom is 0.416 e. The molecule has 3 rings (SSSR count). The summed E-state index contributed by atoms with van der Waals surface area (Å²) in [5.41, 5.74) is 2.76. The molecule has 0 saturated heterocycles. The van der Waals surface area contributed by atoms with Gasteiger partial charge in [0.2, 0.25) is 11.8 Å². The fourth-order valence-corrected chi connectivity index (χ4v) is 3.39. The normalized spacial score (nSPS) is 11.4. The number of carbonyl (C=O) groups excluding carboxylic acids is 2. The standard InChI is InChI=1S/C25H20Cl2F3N3O3/c26-19-5-1-3-16(11-19)15-36-22-8-7-20(27)12-17(22)14-31-33-24(35)10-9-23(34)32-21-6-2-4-18(13-21)25(28,29)30/h1-8,11-14H,9-10,15H2,(H,32,34)(H,33,35). The summed E-state index contributed by atoms with van der Waals surface area (Å²) < 4.78 is 44.2. The van der Waals surface area contributed by atoms with E-state index in [-0.39, 0.29) is 25.1 Å². The summed E-state index contributed by atoms with van der Waals surface area (Å²) in [5, 5.41) is 7.23. The van der Waals surface area contributed by atoms with Crippen molar-refractivity contribution in [3.8, 4) is 5.75 Å². The third-order valence-electron chi connectivity index (χ3n) is 4.70. The van der Waals surface area contributed by atoms with Gasteiger partial charge in [-0.15, -0.1) is 0 Å². The van der Waals surface area contributed by atoms with Gasteiger partial charge >= 0.3 is 6.18 Å². The average Bonchev–Trinajstić information content (AvgIpc) is 2.82. The number of nitrogens with zero attached hydrogens (tertiary/aromatic N) is 1. The summed E-state index contributed by atoms with van der Waals surface area (Å²) in [4.78, 5) is 24.1. The van der Waals surface area contributed by atoms with Gasteiger partial charge < -0.3 is 10.1 Å². The van der Waals surface area contributed by atoms with E-state index >= 15 is 0 Å². The van der Waals surface area contributed by atoms with Crippen molar-refractivity contribution in [3.05, 3.63) is 93.5 Å². The molecule has 0 fully saturated rings. The number of alkyl halides is 3. The number of rotatable bonds is 9. The monoisotopic (exact) mass is 537 g/mol. The van der Waals surface area contributed by atoms with E-state index in [1.807, 2.05) is 6.07 Å². The number of ether oxygens (including phenoxy) is 1. The third-order valence-corrected chi connectivity index (χ3v) is 5.17. The predicted molar refractivity (Wildman–Crippen MR) is 132 cm³/mol. The van der Waals surface area contributed by atoms with Crippen molar-refractivity contribution in [3.63, 3.8) is 0 Å². The van der Waals surface area contributed by atoms with E-state index in [9.17, 15) is 22.8 Å². The van der Waals surface area contributed by atoms with Crippen LogP contribution in [0.25, 0.3) is 0 Å². The van der Waals surface area contributed by atoms with Crippen molar-refractivity contribution in [2.24, 2.45) is 5.10 Å². The first-order valence-electron chi connectivity index (χ1n) is 10.6. The van der Waals surface area contributed by atoms with Crippen molar-refractivity contribution in [1.82, 2.24) is 5.43 Å². The molecule has 0 aliphatic heterocycles. The van der Waals surface area contributed by atoms with Crippen LogP contribution in [0.15, 0.2) is 71.8 Å². The van der Waals surface area contributed by atoms with Crippen molar-refractivity contribution in [2.45, 2.75) is 25.6 Å². The number of hydrazone groups is 1. The predicted octanol–water partition coefficient (Wildman–Crippen LogP) is 6.46. The second-order valence-electron chi connectivity index (χ2n) is 7.52. The molecule has 0 unspecified atom stereocenters. The summed E-state index contributed by atoms with van der Waals surface area (Å²) in [7, 11) is 0. The highest BCUT2D eigenvalue weighted by Gasteiger charge is 2.30. The Hall–Kier alpha value is -3.56. The summed E-state index contributed by atoms with van der Waals surface area (Å²) in [6.07, 6.45) is -3.65. The molecule has 0 spiro atoms. The first kappa shape index (κ1) is 27.0. The summed E-state index contributed by atoms with van der Waals surface area (Å²) in [6, 6.07) is 16.3. The van der Waals surface area contributed by atoms with E-state index in [4.69, 9.17) is 27.9 Å². The van der Waals surface area contributed by atoms with Gasteiger partial charge in [0.15, 0.2) is 0 Å². The first-order valence-corrected chi connectivity index (χ1v) is 11.3. The third kappa shape index (κ3) is 8.58. The Bertz CT molecular complexity index is 1270. The summed E-state index contributed by atoms with van der Waals surface area (Å²) >= 11 is 12.0. The topological polar surface area (TPSA) is 79.8 Å². The molecule has 3 aromatic rings. The smallest absolute Gasteiger partial charge is 0.416 e. The quantitative estimate of drug-likeness (QED) is 0.243. The Morgan fingerprint density at radius 2 is 1.64 bits per heavy atom. The molecule has 2 N–H and O–H groups in total. The van der Waals surface area contributed by atoms with Gasteiger partial charge in [-0.1, -0.05) is 41.4 Å². The molecule has 0 aliphatic rings. The van der Waals surface area contributed by atoms with Gasteiger partial charge in [0.05, 0.1) is 11.8 Å². The van der Waals surface area contributed by atoms with E-state index < -0.39 is 23.6 Å². The van der Waals surface area contributed by atoms with E-state index in [1.54, 1.807) is 36.4 Å². The summed E-state index contributed by atoms with van der Waals surface area (Å²) in [5.74, 6) is -0.702. The van der Waals surface area contributed by atoms with Crippen LogP contribution in [0.3, 0.4) is 0 Å². The maximum absolute atomic E-state index is 12.8. The van der Waals surface area contributed by atoms with Crippen LogP contribution in [0.5, 0.6) is 5.75 Å². The number of carbonyl (C=O) groups is 2. The second kappa shape index (κ2) is 12.4. The van der Waals surface area contributed by atoms with Crippen LogP contribution in [-0.2, 0) is 22.4 Å². The number of halogens is 5. The average molecular weight is 538 g/mol. The van der Waals surface area contributed by atoms with Crippen LogP contribution in [-0.4, -0.2) is 18.0 Å². The van der Waals surface area contributed by atoms with Gasteiger partial charge in [-0.2, -0.15) is 18.3 Å². The van der Waals surface area contributed by atoms with E-state index in [2.05, 4.69) is 15.8 Å². The Morgan fingerprint density at radius 3 is 2.39 bits per heavy atom. The summed E-state index contributed by atoms with van der Waals surface area (Å²) in [6.45, 7) is 0.246. The van der Waals surface area contributed by atoms with Crippen molar-refractivity contribution in [1.29, 1.82) is 0 Å². The van der Waals surface area contributed by atoms with E-state index in [0.29, 0.717) is 21.4 Å². The SMILES string of the molecule is O=C(CCC(=O)Nc1cccc(C(F)(F)F)c1)NN=Cc1cc(Cl)ccc1OCc1cccc(Cl)c1. The lowest BCUT2D eigenvalue weighted by atomic mass is 10.2. The molecule has 0 radical (unpaired) electrons. The molecule has 0 aromatic heterocycles. The van der Waals surface area contributed by atoms with Gasteiger partial charge in [0.25, 0.3) is 0 Å². The van der Waals surface area contributed by atoms with Crippen LogP contribution < -0.4 is 15.5 Å². The van der Waals surface area contributed by atoms with Gasteiger partial charge in [0, 0.05) is 34.1 Å². The lowest BCUT2D eigenvalue weighted by molar-refractivity contribution is -0.137. The van der Waals surface area contributed by atoms with E-state index in [0.717, 1.165) is 17.7 Å². The molecule has 11 heteroatoms. The van der Waals surface area contributed by atoms with Crippen LogP contribution in [0, 0.1) is 0 Å². The molecule has 0 saturated carbocycles. The highest BCUT2D eigenvalue weighted by Crippen LogP contribution is 2.30. The molecule has 0 aliphatic carbocycles. The van der Waals surface area contributed by atoms with Gasteiger partial charge in [0.1, 0.15) is 12.4 Å². The Balaban J connectivity index is 1.51. The number of benzene rings is 3. The minimum atomic E-state index is -4.53. The molecule has 0 bridgehead atoms.